The maximum absolute atomic E-state index is 13.7. The number of hydrogen-bond donors (Lipinski definition) is 5. The zero-order chi connectivity index (χ0) is 29.8. The van der Waals surface area contributed by atoms with E-state index >= 15 is 0 Å². The van der Waals surface area contributed by atoms with E-state index in [9.17, 15) is 23.4 Å². The Kier molecular flexibility index (Phi) is 8.88. The molecule has 216 valence electrons. The molecule has 0 aliphatic heterocycles. The van der Waals surface area contributed by atoms with Gasteiger partial charge < -0.3 is 24.7 Å². The molecular formula is C28H29ClN4O7S. The number of aliphatic hydroxyl groups excluding tert-OH is 1. The van der Waals surface area contributed by atoms with Crippen molar-refractivity contribution in [2.45, 2.75) is 18.6 Å². The van der Waals surface area contributed by atoms with Crippen molar-refractivity contribution < 1.29 is 32.6 Å². The molecule has 1 heterocycles. The average molecular weight is 601 g/mol. The van der Waals surface area contributed by atoms with E-state index in [4.69, 9.17) is 20.8 Å². The summed E-state index contributed by atoms with van der Waals surface area (Å²) in [5.74, 6) is 0.199. The molecule has 2 unspecified atom stereocenters. The molecular weight excluding hydrogens is 572 g/mol. The summed E-state index contributed by atoms with van der Waals surface area (Å²) in [5.41, 5.74) is 0.444. The lowest BCUT2D eigenvalue weighted by Crippen LogP contribution is -2.50. The molecule has 0 saturated heterocycles. The number of aromatic nitrogens is 1. The molecule has 0 aliphatic rings. The third-order valence-electron chi connectivity index (χ3n) is 6.36. The Morgan fingerprint density at radius 1 is 1.15 bits per heavy atom. The van der Waals surface area contributed by atoms with Crippen LogP contribution in [0.15, 0.2) is 77.5 Å². The zero-order valence-electron chi connectivity index (χ0n) is 22.4. The van der Waals surface area contributed by atoms with Crippen LogP contribution in [-0.4, -0.2) is 49.4 Å². The summed E-state index contributed by atoms with van der Waals surface area (Å²) in [7, 11) is -2.13. The molecule has 1 aromatic heterocycles. The summed E-state index contributed by atoms with van der Waals surface area (Å²) < 4.78 is 36.1. The van der Waals surface area contributed by atoms with E-state index in [0.29, 0.717) is 39.0 Å². The van der Waals surface area contributed by atoms with Gasteiger partial charge in [0, 0.05) is 12.2 Å². The molecule has 0 bridgehead atoms. The largest absolute Gasteiger partial charge is 0.506 e. The number of nitrogens with one attached hydrogen (secondary N) is 3. The second kappa shape index (κ2) is 12.2. The Labute approximate surface area is 242 Å². The summed E-state index contributed by atoms with van der Waals surface area (Å²) in [6.07, 6.45) is 2.71. The number of hydrogen-bond acceptors (Lipinski definition) is 9. The number of rotatable bonds is 11. The van der Waals surface area contributed by atoms with Crippen LogP contribution < -0.4 is 20.1 Å². The molecule has 13 heteroatoms. The first-order valence-electron chi connectivity index (χ1n) is 12.3. The first-order chi connectivity index (χ1) is 19.4. The van der Waals surface area contributed by atoms with Crippen molar-refractivity contribution in [3.8, 4) is 23.0 Å². The Morgan fingerprint density at radius 2 is 1.88 bits per heavy atom. The van der Waals surface area contributed by atoms with Gasteiger partial charge in [-0.05, 0) is 60.5 Å². The molecule has 3 aromatic carbocycles. The van der Waals surface area contributed by atoms with Crippen molar-refractivity contribution in [3.05, 3.63) is 89.3 Å². The Morgan fingerprint density at radius 3 is 2.49 bits per heavy atom. The topological polar surface area (TPSA) is 163 Å². The van der Waals surface area contributed by atoms with Gasteiger partial charge in [0.15, 0.2) is 0 Å². The lowest BCUT2D eigenvalue weighted by atomic mass is 9.90. The van der Waals surface area contributed by atoms with Crippen LogP contribution in [0.25, 0.3) is 11.5 Å². The number of phenols is 1. The number of carbonyl (C=O) groups excluding carboxylic acids is 1. The second-order valence-electron chi connectivity index (χ2n) is 9.39. The van der Waals surface area contributed by atoms with Crippen molar-refractivity contribution >= 4 is 38.9 Å². The maximum Gasteiger partial charge on any atom is 0.249 e. The fourth-order valence-electron chi connectivity index (χ4n) is 4.08. The SMILES string of the molecule is COc1ccc(C(C)(NCC(O)c2ccc(O)c(NS(C)(=O)=O)c2)C(=O)Nc2ccc(-c3ncco3)c(Cl)c2)cc1. The van der Waals surface area contributed by atoms with Crippen molar-refractivity contribution in [1.82, 2.24) is 10.3 Å². The molecule has 0 aliphatic carbocycles. The highest BCUT2D eigenvalue weighted by atomic mass is 35.5. The van der Waals surface area contributed by atoms with Crippen molar-refractivity contribution in [1.29, 1.82) is 0 Å². The molecule has 4 aromatic rings. The number of aromatic hydroxyl groups is 1. The van der Waals surface area contributed by atoms with Crippen LogP contribution in [0.1, 0.15) is 24.2 Å². The molecule has 11 nitrogen and oxygen atoms in total. The maximum atomic E-state index is 13.7. The molecule has 0 radical (unpaired) electrons. The van der Waals surface area contributed by atoms with Crippen LogP contribution in [0.3, 0.4) is 0 Å². The number of methoxy groups -OCH3 is 1. The van der Waals surface area contributed by atoms with Gasteiger partial charge in [0.1, 0.15) is 23.3 Å². The molecule has 41 heavy (non-hydrogen) atoms. The summed E-state index contributed by atoms with van der Waals surface area (Å²) in [6, 6.07) is 15.9. The number of amides is 1. The number of phenolic OH excluding ortho intramolecular Hbond substituents is 1. The lowest BCUT2D eigenvalue weighted by molar-refractivity contribution is -0.122. The van der Waals surface area contributed by atoms with Gasteiger partial charge in [0.05, 0.1) is 41.9 Å². The van der Waals surface area contributed by atoms with Crippen molar-refractivity contribution in [2.24, 2.45) is 0 Å². The highest BCUT2D eigenvalue weighted by Gasteiger charge is 2.36. The smallest absolute Gasteiger partial charge is 0.249 e. The van der Waals surface area contributed by atoms with E-state index in [-0.39, 0.29) is 18.0 Å². The van der Waals surface area contributed by atoms with Crippen LogP contribution in [0.2, 0.25) is 5.02 Å². The molecule has 0 spiro atoms. The van der Waals surface area contributed by atoms with Gasteiger partial charge in [-0.1, -0.05) is 29.8 Å². The first-order valence-corrected chi connectivity index (χ1v) is 14.6. The minimum Gasteiger partial charge on any atom is -0.506 e. The zero-order valence-corrected chi connectivity index (χ0v) is 24.0. The predicted octanol–water partition coefficient (Wildman–Crippen LogP) is 4.26. The van der Waals surface area contributed by atoms with Gasteiger partial charge in [0.25, 0.3) is 0 Å². The minimum absolute atomic E-state index is 0.0789. The highest BCUT2D eigenvalue weighted by Crippen LogP contribution is 2.32. The number of ether oxygens (including phenoxy) is 1. The number of nitrogens with zero attached hydrogens (tertiary/aromatic N) is 1. The number of sulfonamides is 1. The Hall–Kier alpha value is -4.10. The molecule has 5 N–H and O–H groups in total. The number of anilines is 2. The van der Waals surface area contributed by atoms with E-state index in [0.717, 1.165) is 6.26 Å². The van der Waals surface area contributed by atoms with Crippen LogP contribution in [-0.2, 0) is 20.4 Å². The number of halogens is 1. The van der Waals surface area contributed by atoms with E-state index in [1.165, 1.54) is 37.8 Å². The first kappa shape index (κ1) is 29.9. The monoisotopic (exact) mass is 600 g/mol. The van der Waals surface area contributed by atoms with Crippen molar-refractivity contribution in [2.75, 3.05) is 29.9 Å². The molecule has 2 atom stereocenters. The van der Waals surface area contributed by atoms with Gasteiger partial charge in [-0.3, -0.25) is 14.8 Å². The van der Waals surface area contributed by atoms with Gasteiger partial charge in [-0.25, -0.2) is 13.4 Å². The van der Waals surface area contributed by atoms with E-state index in [1.54, 1.807) is 49.4 Å². The normalized spacial score (nSPS) is 13.7. The summed E-state index contributed by atoms with van der Waals surface area (Å²) >= 11 is 6.43. The van der Waals surface area contributed by atoms with Gasteiger partial charge in [-0.15, -0.1) is 0 Å². The summed E-state index contributed by atoms with van der Waals surface area (Å²) in [6.45, 7) is 1.55. The fraction of sp³-hybridized carbons (Fsp3) is 0.214. The Balaban J connectivity index is 1.59. The number of aliphatic hydroxyl groups is 1. The summed E-state index contributed by atoms with van der Waals surface area (Å²) in [4.78, 5) is 17.8. The molecule has 0 fully saturated rings. The number of oxazole rings is 1. The van der Waals surface area contributed by atoms with Crippen LogP contribution in [0.5, 0.6) is 11.5 Å². The summed E-state index contributed by atoms with van der Waals surface area (Å²) in [5, 5.41) is 27.3. The highest BCUT2D eigenvalue weighted by molar-refractivity contribution is 7.92. The van der Waals surface area contributed by atoms with Crippen LogP contribution in [0, 0.1) is 0 Å². The van der Waals surface area contributed by atoms with Gasteiger partial charge >= 0.3 is 0 Å². The van der Waals surface area contributed by atoms with Gasteiger partial charge in [0.2, 0.25) is 21.8 Å². The van der Waals surface area contributed by atoms with E-state index < -0.39 is 27.6 Å². The predicted molar refractivity (Wildman–Crippen MR) is 155 cm³/mol. The molecule has 0 saturated carbocycles. The minimum atomic E-state index is -3.67. The quantitative estimate of drug-likeness (QED) is 0.158. The molecule has 1 amide bonds. The standard InChI is InChI=1S/C28H29ClN4O7S/c1-28(18-5-8-20(39-2)9-6-18,27(36)32-19-7-10-21(22(29)15-19)26-30-12-13-40-26)31-16-25(35)17-4-11-24(34)23(14-17)33-41(3,37)38/h4-15,25,31,33-35H,16H2,1-3H3,(H,32,36). The van der Waals surface area contributed by atoms with E-state index in [1.807, 2.05) is 0 Å². The molecule has 4 rings (SSSR count). The third kappa shape index (κ3) is 7.16. The average Bonchev–Trinajstić information content (AvgIpc) is 3.47. The van der Waals surface area contributed by atoms with Crippen molar-refractivity contribution in [3.63, 3.8) is 0 Å². The lowest BCUT2D eigenvalue weighted by Gasteiger charge is -2.31. The van der Waals surface area contributed by atoms with Crippen LogP contribution in [0.4, 0.5) is 11.4 Å². The third-order valence-corrected chi connectivity index (χ3v) is 7.26. The second-order valence-corrected chi connectivity index (χ2v) is 11.5. The fourth-order valence-corrected chi connectivity index (χ4v) is 4.90. The Bertz CT molecular complexity index is 1630. The van der Waals surface area contributed by atoms with Gasteiger partial charge in [-0.2, -0.15) is 0 Å². The number of carbonyl (C=O) groups is 1. The van der Waals surface area contributed by atoms with Crippen LogP contribution >= 0.6 is 11.6 Å². The number of benzene rings is 3. The van der Waals surface area contributed by atoms with E-state index in [2.05, 4.69) is 20.3 Å².